The fourth-order valence-corrected chi connectivity index (χ4v) is 4.89. The first kappa shape index (κ1) is 19.7. The van der Waals surface area contributed by atoms with E-state index < -0.39 is 0 Å². The zero-order valence-electron chi connectivity index (χ0n) is 17.4. The fourth-order valence-electron chi connectivity index (χ4n) is 3.80. The molecule has 0 amide bonds. The summed E-state index contributed by atoms with van der Waals surface area (Å²) in [5, 5.41) is 4.58. The number of nitrogens with one attached hydrogen (secondary N) is 1. The molecule has 0 fully saturated rings. The van der Waals surface area contributed by atoms with Crippen molar-refractivity contribution in [3.8, 4) is 0 Å². The van der Waals surface area contributed by atoms with Crippen LogP contribution >= 0.6 is 11.3 Å². The van der Waals surface area contributed by atoms with Crippen LogP contribution < -0.4 is 10.2 Å². The van der Waals surface area contributed by atoms with Crippen molar-refractivity contribution in [3.63, 3.8) is 0 Å². The molecule has 1 aromatic heterocycles. The van der Waals surface area contributed by atoms with Gasteiger partial charge in [-0.05, 0) is 63.3 Å². The molecule has 0 saturated heterocycles. The van der Waals surface area contributed by atoms with Gasteiger partial charge in [-0.3, -0.25) is 0 Å². The SMILES string of the molecule is CCCN(CCC)c1ccc(C)c2nc(Nc3c(C)cc(C)cc3C)sc12. The van der Waals surface area contributed by atoms with Crippen LogP contribution in [0.3, 0.4) is 0 Å². The molecule has 0 unspecified atom stereocenters. The number of aromatic nitrogens is 1. The summed E-state index contributed by atoms with van der Waals surface area (Å²) in [6.07, 6.45) is 2.31. The number of benzene rings is 2. The van der Waals surface area contributed by atoms with Crippen molar-refractivity contribution in [1.29, 1.82) is 0 Å². The van der Waals surface area contributed by atoms with Crippen molar-refractivity contribution >= 4 is 38.1 Å². The van der Waals surface area contributed by atoms with Crippen LogP contribution in [-0.2, 0) is 0 Å². The van der Waals surface area contributed by atoms with E-state index >= 15 is 0 Å². The number of anilines is 3. The highest BCUT2D eigenvalue weighted by Gasteiger charge is 2.16. The molecule has 0 saturated carbocycles. The lowest BCUT2D eigenvalue weighted by Crippen LogP contribution is -2.24. The van der Waals surface area contributed by atoms with Gasteiger partial charge in [0.2, 0.25) is 0 Å². The molecule has 2 aromatic carbocycles. The highest BCUT2D eigenvalue weighted by molar-refractivity contribution is 7.22. The minimum atomic E-state index is 0.976. The Kier molecular flexibility index (Phi) is 6.05. The van der Waals surface area contributed by atoms with Gasteiger partial charge in [-0.15, -0.1) is 0 Å². The molecule has 27 heavy (non-hydrogen) atoms. The van der Waals surface area contributed by atoms with E-state index in [4.69, 9.17) is 4.98 Å². The second-order valence-corrected chi connectivity index (χ2v) is 8.48. The van der Waals surface area contributed by atoms with Gasteiger partial charge in [0.05, 0.1) is 15.9 Å². The van der Waals surface area contributed by atoms with Crippen molar-refractivity contribution in [2.45, 2.75) is 54.4 Å². The van der Waals surface area contributed by atoms with E-state index in [1.807, 2.05) is 0 Å². The van der Waals surface area contributed by atoms with Crippen molar-refractivity contribution in [2.75, 3.05) is 23.3 Å². The number of hydrogen-bond donors (Lipinski definition) is 1. The minimum Gasteiger partial charge on any atom is -0.370 e. The molecule has 0 aliphatic carbocycles. The van der Waals surface area contributed by atoms with Crippen molar-refractivity contribution in [1.82, 2.24) is 4.98 Å². The van der Waals surface area contributed by atoms with Gasteiger partial charge in [-0.2, -0.15) is 0 Å². The predicted octanol–water partition coefficient (Wildman–Crippen LogP) is 6.90. The van der Waals surface area contributed by atoms with Crippen LogP contribution in [0.1, 0.15) is 48.9 Å². The van der Waals surface area contributed by atoms with Crippen LogP contribution in [0.15, 0.2) is 24.3 Å². The van der Waals surface area contributed by atoms with Gasteiger partial charge >= 0.3 is 0 Å². The zero-order chi connectivity index (χ0) is 19.6. The van der Waals surface area contributed by atoms with Crippen LogP contribution in [0.4, 0.5) is 16.5 Å². The molecular weight excluding hydrogens is 350 g/mol. The Morgan fingerprint density at radius 1 is 0.926 bits per heavy atom. The maximum Gasteiger partial charge on any atom is 0.188 e. The molecule has 3 nitrogen and oxygen atoms in total. The van der Waals surface area contributed by atoms with Crippen LogP contribution in [0.5, 0.6) is 0 Å². The Labute approximate surface area is 167 Å². The molecule has 0 radical (unpaired) electrons. The summed E-state index contributed by atoms with van der Waals surface area (Å²) in [6.45, 7) is 15.3. The molecule has 4 heteroatoms. The maximum atomic E-state index is 4.96. The van der Waals surface area contributed by atoms with Crippen molar-refractivity contribution in [2.24, 2.45) is 0 Å². The molecule has 0 aliphatic rings. The highest BCUT2D eigenvalue weighted by atomic mass is 32.1. The maximum absolute atomic E-state index is 4.96. The minimum absolute atomic E-state index is 0.976. The number of nitrogens with zero attached hydrogens (tertiary/aromatic N) is 2. The Morgan fingerprint density at radius 2 is 1.56 bits per heavy atom. The zero-order valence-corrected chi connectivity index (χ0v) is 18.3. The molecule has 1 heterocycles. The topological polar surface area (TPSA) is 28.2 Å². The largest absolute Gasteiger partial charge is 0.370 e. The number of thiazole rings is 1. The summed E-state index contributed by atoms with van der Waals surface area (Å²) in [5.41, 5.74) is 8.69. The van der Waals surface area contributed by atoms with E-state index in [2.05, 4.69) is 76.0 Å². The summed E-state index contributed by atoms with van der Waals surface area (Å²) >= 11 is 1.77. The van der Waals surface area contributed by atoms with E-state index in [1.165, 1.54) is 38.3 Å². The van der Waals surface area contributed by atoms with E-state index in [0.29, 0.717) is 0 Å². The number of hydrogen-bond acceptors (Lipinski definition) is 4. The third-order valence-electron chi connectivity index (χ3n) is 4.96. The van der Waals surface area contributed by atoms with Gasteiger partial charge in [-0.1, -0.05) is 48.9 Å². The van der Waals surface area contributed by atoms with Gasteiger partial charge in [0.25, 0.3) is 0 Å². The first-order valence-electron chi connectivity index (χ1n) is 9.94. The Hall–Kier alpha value is -2.07. The van der Waals surface area contributed by atoms with Crippen LogP contribution in [-0.4, -0.2) is 18.1 Å². The van der Waals surface area contributed by atoms with Crippen molar-refractivity contribution < 1.29 is 0 Å². The average Bonchev–Trinajstić information content (AvgIpc) is 3.03. The molecular formula is C23H31N3S. The second-order valence-electron chi connectivity index (χ2n) is 7.48. The Bertz CT molecular complexity index is 913. The lowest BCUT2D eigenvalue weighted by molar-refractivity contribution is 0.748. The summed E-state index contributed by atoms with van der Waals surface area (Å²) in [6, 6.07) is 8.93. The lowest BCUT2D eigenvalue weighted by Gasteiger charge is -2.24. The summed E-state index contributed by atoms with van der Waals surface area (Å²) in [4.78, 5) is 7.46. The normalized spacial score (nSPS) is 11.2. The Morgan fingerprint density at radius 3 is 2.15 bits per heavy atom. The third kappa shape index (κ3) is 4.11. The molecule has 0 spiro atoms. The molecule has 0 atom stereocenters. The molecule has 3 rings (SSSR count). The quantitative estimate of drug-likeness (QED) is 0.482. The first-order chi connectivity index (χ1) is 12.9. The number of fused-ring (bicyclic) bond motifs is 1. The van der Waals surface area contributed by atoms with E-state index in [9.17, 15) is 0 Å². The Balaban J connectivity index is 2.04. The standard InChI is InChI=1S/C23H31N3S/c1-7-11-26(12-8-2)19-10-9-16(4)21-22(19)27-23(25-21)24-20-17(5)13-15(3)14-18(20)6/h9-10,13-14H,7-8,11-12H2,1-6H3,(H,24,25). The van der Waals surface area contributed by atoms with Gasteiger partial charge < -0.3 is 10.2 Å². The third-order valence-corrected chi connectivity index (χ3v) is 5.95. The molecule has 144 valence electrons. The van der Waals surface area contributed by atoms with Gasteiger partial charge in [0.15, 0.2) is 5.13 Å². The summed E-state index contributed by atoms with van der Waals surface area (Å²) in [5.74, 6) is 0. The first-order valence-corrected chi connectivity index (χ1v) is 10.8. The smallest absolute Gasteiger partial charge is 0.188 e. The van der Waals surface area contributed by atoms with Crippen LogP contribution in [0.2, 0.25) is 0 Å². The van der Waals surface area contributed by atoms with E-state index in [-0.39, 0.29) is 0 Å². The second kappa shape index (κ2) is 8.30. The fraction of sp³-hybridized carbons (Fsp3) is 0.435. The summed E-state index contributed by atoms with van der Waals surface area (Å²) < 4.78 is 1.29. The molecule has 0 bridgehead atoms. The van der Waals surface area contributed by atoms with Crippen LogP contribution in [0.25, 0.3) is 10.2 Å². The molecule has 1 N–H and O–H groups in total. The number of rotatable bonds is 7. The van der Waals surface area contributed by atoms with Gasteiger partial charge in [0.1, 0.15) is 0 Å². The highest BCUT2D eigenvalue weighted by Crippen LogP contribution is 2.38. The average molecular weight is 382 g/mol. The summed E-state index contributed by atoms with van der Waals surface area (Å²) in [7, 11) is 0. The predicted molar refractivity (Wildman–Crippen MR) is 121 cm³/mol. The lowest BCUT2D eigenvalue weighted by atomic mass is 10.1. The number of aryl methyl sites for hydroxylation is 4. The monoisotopic (exact) mass is 381 g/mol. The van der Waals surface area contributed by atoms with Gasteiger partial charge in [0, 0.05) is 18.8 Å². The molecule has 0 aliphatic heterocycles. The molecule has 3 aromatic rings. The van der Waals surface area contributed by atoms with E-state index in [1.54, 1.807) is 11.3 Å². The van der Waals surface area contributed by atoms with Crippen molar-refractivity contribution in [3.05, 3.63) is 46.5 Å². The van der Waals surface area contributed by atoms with Gasteiger partial charge in [-0.25, -0.2) is 4.98 Å². The van der Waals surface area contributed by atoms with Crippen LogP contribution in [0, 0.1) is 27.7 Å². The van der Waals surface area contributed by atoms with E-state index in [0.717, 1.165) is 36.6 Å².